The molecular formula is C24H37N7O8. The first kappa shape index (κ1) is 32.8. The highest BCUT2D eigenvalue weighted by Crippen LogP contribution is 2.07. The zero-order valence-electron chi connectivity index (χ0n) is 21.6. The topological polar surface area (TPSA) is 273 Å². The Morgan fingerprint density at radius 1 is 0.897 bits per heavy atom. The van der Waals surface area contributed by atoms with Crippen LogP contribution in [0.2, 0.25) is 0 Å². The Hall–Kier alpha value is -4.24. The largest absolute Gasteiger partial charge is 0.481 e. The van der Waals surface area contributed by atoms with Crippen molar-refractivity contribution in [1.29, 1.82) is 0 Å². The number of guanidine groups is 1. The molecule has 0 spiro atoms. The van der Waals surface area contributed by atoms with Gasteiger partial charge in [-0.25, -0.2) is 4.79 Å². The summed E-state index contributed by atoms with van der Waals surface area (Å²) in [5, 5.41) is 35.6. The predicted molar refractivity (Wildman–Crippen MR) is 140 cm³/mol. The monoisotopic (exact) mass is 551 g/mol. The summed E-state index contributed by atoms with van der Waals surface area (Å²) in [6.07, 6.45) is -1.77. The average molecular weight is 552 g/mol. The van der Waals surface area contributed by atoms with Gasteiger partial charge in [0, 0.05) is 19.4 Å². The zero-order valence-corrected chi connectivity index (χ0v) is 21.6. The van der Waals surface area contributed by atoms with Crippen molar-refractivity contribution in [2.75, 3.05) is 6.54 Å². The molecule has 0 aliphatic rings. The summed E-state index contributed by atoms with van der Waals surface area (Å²) >= 11 is 0. The molecule has 0 fully saturated rings. The van der Waals surface area contributed by atoms with Crippen molar-refractivity contribution >= 4 is 35.6 Å². The number of carboxylic acid groups (broad SMARTS) is 2. The molecule has 1 rings (SSSR count). The molecule has 15 nitrogen and oxygen atoms in total. The van der Waals surface area contributed by atoms with Gasteiger partial charge in [0.05, 0.1) is 12.1 Å². The summed E-state index contributed by atoms with van der Waals surface area (Å²) in [6, 6.07) is 3.21. The number of carboxylic acids is 2. The van der Waals surface area contributed by atoms with Crippen LogP contribution in [0.1, 0.15) is 38.2 Å². The van der Waals surface area contributed by atoms with Crippen LogP contribution in [0, 0.1) is 0 Å². The third-order valence-electron chi connectivity index (χ3n) is 5.54. The Kier molecular flexibility index (Phi) is 13.9. The molecule has 5 atom stereocenters. The van der Waals surface area contributed by atoms with Crippen LogP contribution in [0.5, 0.6) is 0 Å². The number of nitrogens with two attached hydrogens (primary N) is 3. The fraction of sp³-hybridized carbons (Fsp3) is 0.500. The number of aliphatic imine (C=N–C) groups is 1. The van der Waals surface area contributed by atoms with Crippen LogP contribution in [0.15, 0.2) is 35.3 Å². The molecule has 1 aromatic carbocycles. The highest BCUT2D eigenvalue weighted by Gasteiger charge is 2.32. The number of aliphatic hydroxyl groups excluding tert-OH is 1. The first-order valence-corrected chi connectivity index (χ1v) is 12.2. The second-order valence-electron chi connectivity index (χ2n) is 8.86. The summed E-state index contributed by atoms with van der Waals surface area (Å²) in [7, 11) is 0. The Morgan fingerprint density at radius 2 is 1.51 bits per heavy atom. The lowest BCUT2D eigenvalue weighted by molar-refractivity contribution is -0.142. The van der Waals surface area contributed by atoms with Crippen molar-refractivity contribution in [2.45, 2.75) is 69.3 Å². The van der Waals surface area contributed by atoms with Crippen molar-refractivity contribution in [3.8, 4) is 0 Å². The average Bonchev–Trinajstić information content (AvgIpc) is 2.86. The molecule has 3 amide bonds. The fourth-order valence-corrected chi connectivity index (χ4v) is 3.43. The standard InChI is InChI=1S/C24H37N7O8/c1-13(32)19(31-20(35)15(25)9-10-18(33)34)22(37)30-17(12-14-6-3-2-4-7-14)21(36)29-16(23(38)39)8-5-11-28-24(26)27/h2-4,6-7,13,15-17,19,32H,5,8-12,25H2,1H3,(H,29,36)(H,30,37)(H,31,35)(H,33,34)(H,38,39)(H4,26,27,28). The maximum absolute atomic E-state index is 13.1. The van der Waals surface area contributed by atoms with E-state index in [1.165, 1.54) is 6.92 Å². The molecule has 0 bridgehead atoms. The van der Waals surface area contributed by atoms with Crippen molar-refractivity contribution in [3.05, 3.63) is 35.9 Å². The number of benzene rings is 1. The van der Waals surface area contributed by atoms with Crippen LogP contribution in [0.25, 0.3) is 0 Å². The van der Waals surface area contributed by atoms with Gasteiger partial charge in [0.1, 0.15) is 18.1 Å². The van der Waals surface area contributed by atoms with E-state index >= 15 is 0 Å². The Balaban J connectivity index is 3.04. The van der Waals surface area contributed by atoms with E-state index in [0.29, 0.717) is 5.56 Å². The Morgan fingerprint density at radius 3 is 2.05 bits per heavy atom. The van der Waals surface area contributed by atoms with Crippen LogP contribution >= 0.6 is 0 Å². The maximum atomic E-state index is 13.1. The molecule has 5 unspecified atom stereocenters. The van der Waals surface area contributed by atoms with Gasteiger partial charge in [-0.05, 0) is 31.7 Å². The molecule has 216 valence electrons. The Labute approximate surface area is 225 Å². The first-order valence-electron chi connectivity index (χ1n) is 12.2. The number of nitrogens with zero attached hydrogens (tertiary/aromatic N) is 1. The van der Waals surface area contributed by atoms with Crippen LogP contribution < -0.4 is 33.2 Å². The van der Waals surface area contributed by atoms with E-state index in [2.05, 4.69) is 20.9 Å². The highest BCUT2D eigenvalue weighted by atomic mass is 16.4. The third kappa shape index (κ3) is 12.7. The van der Waals surface area contributed by atoms with Gasteiger partial charge >= 0.3 is 11.9 Å². The quantitative estimate of drug-likeness (QED) is 0.0549. The molecule has 39 heavy (non-hydrogen) atoms. The minimum Gasteiger partial charge on any atom is -0.481 e. The Bertz CT molecular complexity index is 1010. The van der Waals surface area contributed by atoms with E-state index in [1.54, 1.807) is 30.3 Å². The van der Waals surface area contributed by atoms with E-state index in [4.69, 9.17) is 22.3 Å². The summed E-state index contributed by atoms with van der Waals surface area (Å²) in [6.45, 7) is 1.38. The highest BCUT2D eigenvalue weighted by molar-refractivity contribution is 5.94. The van der Waals surface area contributed by atoms with Gasteiger partial charge in [-0.2, -0.15) is 0 Å². The van der Waals surface area contributed by atoms with Crippen LogP contribution in [0.4, 0.5) is 0 Å². The lowest BCUT2D eigenvalue weighted by Crippen LogP contribution is -2.60. The van der Waals surface area contributed by atoms with Gasteiger partial charge < -0.3 is 48.5 Å². The molecule has 0 saturated heterocycles. The normalized spacial score (nSPS) is 14.5. The number of hydrogen-bond donors (Lipinski definition) is 9. The van der Waals surface area contributed by atoms with Crippen molar-refractivity contribution in [3.63, 3.8) is 0 Å². The zero-order chi connectivity index (χ0) is 29.5. The molecule has 0 aromatic heterocycles. The minimum absolute atomic E-state index is 0.00441. The lowest BCUT2D eigenvalue weighted by Gasteiger charge is -2.26. The number of carbonyl (C=O) groups excluding carboxylic acids is 3. The lowest BCUT2D eigenvalue weighted by atomic mass is 10.0. The van der Waals surface area contributed by atoms with Crippen LogP contribution in [0.3, 0.4) is 0 Å². The summed E-state index contributed by atoms with van der Waals surface area (Å²) in [5.41, 5.74) is 16.8. The molecule has 0 heterocycles. The van der Waals surface area contributed by atoms with Crippen LogP contribution in [-0.4, -0.2) is 87.8 Å². The number of aliphatic hydroxyl groups is 1. The van der Waals surface area contributed by atoms with Gasteiger partial charge in [-0.1, -0.05) is 30.3 Å². The summed E-state index contributed by atoms with van der Waals surface area (Å²) < 4.78 is 0. The van der Waals surface area contributed by atoms with Gasteiger partial charge in [-0.15, -0.1) is 0 Å². The fourth-order valence-electron chi connectivity index (χ4n) is 3.43. The third-order valence-corrected chi connectivity index (χ3v) is 5.54. The molecular weight excluding hydrogens is 514 g/mol. The molecule has 0 aliphatic carbocycles. The van der Waals surface area contributed by atoms with Crippen molar-refractivity contribution in [2.24, 2.45) is 22.2 Å². The van der Waals surface area contributed by atoms with Gasteiger partial charge in [0.15, 0.2) is 5.96 Å². The van der Waals surface area contributed by atoms with Crippen molar-refractivity contribution < 1.29 is 39.3 Å². The second kappa shape index (κ2) is 16.6. The number of rotatable bonds is 17. The van der Waals surface area contributed by atoms with Gasteiger partial charge in [-0.3, -0.25) is 24.2 Å². The predicted octanol–water partition coefficient (Wildman–Crippen LogP) is -2.61. The number of carbonyl (C=O) groups is 5. The van der Waals surface area contributed by atoms with E-state index in [-0.39, 0.29) is 44.6 Å². The summed E-state index contributed by atoms with van der Waals surface area (Å²) in [4.78, 5) is 64.8. The molecule has 0 saturated carbocycles. The molecule has 1 aromatic rings. The van der Waals surface area contributed by atoms with E-state index < -0.39 is 59.9 Å². The minimum atomic E-state index is -1.53. The number of nitrogens with one attached hydrogen (secondary N) is 3. The SMILES string of the molecule is CC(O)C(NC(=O)C(N)CCC(=O)O)C(=O)NC(Cc1ccccc1)C(=O)NC(CCCN=C(N)N)C(=O)O. The molecule has 12 N–H and O–H groups in total. The number of hydrogen-bond acceptors (Lipinski definition) is 8. The second-order valence-corrected chi connectivity index (χ2v) is 8.86. The van der Waals surface area contributed by atoms with Crippen LogP contribution in [-0.2, 0) is 30.4 Å². The molecule has 15 heteroatoms. The van der Waals surface area contributed by atoms with E-state index in [1.807, 2.05) is 0 Å². The molecule has 0 radical (unpaired) electrons. The number of aliphatic carboxylic acids is 2. The first-order chi connectivity index (χ1) is 18.3. The summed E-state index contributed by atoms with van der Waals surface area (Å²) in [5.74, 6) is -5.22. The maximum Gasteiger partial charge on any atom is 0.326 e. The smallest absolute Gasteiger partial charge is 0.326 e. The van der Waals surface area contributed by atoms with Crippen molar-refractivity contribution in [1.82, 2.24) is 16.0 Å². The number of amides is 3. The van der Waals surface area contributed by atoms with E-state index in [9.17, 15) is 34.2 Å². The molecule has 0 aliphatic heterocycles. The van der Waals surface area contributed by atoms with Gasteiger partial charge in [0.2, 0.25) is 17.7 Å². The van der Waals surface area contributed by atoms with E-state index in [0.717, 1.165) is 0 Å². The van der Waals surface area contributed by atoms with Gasteiger partial charge in [0.25, 0.3) is 0 Å².